The molecule has 8 atom stereocenters. The number of carboxylic acid groups (broad SMARTS) is 1. The van der Waals surface area contributed by atoms with Gasteiger partial charge in [0.25, 0.3) is 0 Å². The fourth-order valence-electron chi connectivity index (χ4n) is 7.13. The molecule has 0 spiro atoms. The highest BCUT2D eigenvalue weighted by atomic mass is 35.5. The molecule has 1 aromatic rings. The summed E-state index contributed by atoms with van der Waals surface area (Å²) in [6.07, 6.45) is 1.07. The van der Waals surface area contributed by atoms with E-state index < -0.39 is 76.4 Å². The summed E-state index contributed by atoms with van der Waals surface area (Å²) in [6.45, 7) is 10.6. The number of hydrogen-bond acceptors (Lipinski definition) is 12. The van der Waals surface area contributed by atoms with Gasteiger partial charge in [-0.1, -0.05) is 56.2 Å². The molecule has 57 heavy (non-hydrogen) atoms. The van der Waals surface area contributed by atoms with E-state index in [-0.39, 0.29) is 35.9 Å². The highest BCUT2D eigenvalue weighted by Crippen LogP contribution is 2.49. The van der Waals surface area contributed by atoms with Crippen molar-refractivity contribution in [2.24, 2.45) is 5.92 Å². The molecule has 17 heteroatoms. The number of esters is 1. The zero-order valence-corrected chi connectivity index (χ0v) is 35.8. The van der Waals surface area contributed by atoms with Gasteiger partial charge in [0.15, 0.2) is 5.72 Å². The predicted octanol–water partition coefficient (Wildman–Crippen LogP) is 4.89. The molecule has 1 aromatic carbocycles. The van der Waals surface area contributed by atoms with Crippen molar-refractivity contribution in [3.63, 3.8) is 0 Å². The summed E-state index contributed by atoms with van der Waals surface area (Å²) in [6, 6.07) is 2.48. The second kappa shape index (κ2) is 18.4. The topological polar surface area (TPSA) is 194 Å². The predicted molar refractivity (Wildman–Crippen MR) is 214 cm³/mol. The van der Waals surface area contributed by atoms with Crippen molar-refractivity contribution in [3.05, 3.63) is 46.5 Å². The maximum absolute atomic E-state index is 14.2. The summed E-state index contributed by atoms with van der Waals surface area (Å²) in [7, 11) is 5.93. The maximum Gasteiger partial charge on any atom is 0.409 e. The first-order valence-corrected chi connectivity index (χ1v) is 20.1. The molecule has 0 aliphatic carbocycles. The van der Waals surface area contributed by atoms with E-state index in [1.54, 1.807) is 45.2 Å². The van der Waals surface area contributed by atoms with Crippen molar-refractivity contribution in [3.8, 4) is 5.75 Å². The van der Waals surface area contributed by atoms with Crippen LogP contribution in [0.3, 0.4) is 0 Å². The number of hydrogen-bond donors (Lipinski definition) is 3. The quantitative estimate of drug-likeness (QED) is 0.202. The average molecular weight is 838 g/mol. The number of alkyl carbamates (subject to hydrolysis) is 1. The van der Waals surface area contributed by atoms with E-state index in [2.05, 4.69) is 5.32 Å². The number of aliphatic carboxylic acids is 1. The standard InChI is InChI=1S/C40H56ClN3O12S/c1-22-12-11-13-29(53-10)40(51)20-28(54-37(50)42-40)23(2)35-39(6,56-35)30(19-32(46)44(8)26-17-25(16-22)18-27(52-9)34(26)41)55-36(49)24(3)43(7)31(45)14-15-38(4,5)57-21-33(47)48/h11-13,17-18,23-24,28-30,35,51H,14-16,19-21H2,1-10H3,(H,42,50)(H,47,48). The van der Waals surface area contributed by atoms with E-state index in [1.807, 2.05) is 26.8 Å². The van der Waals surface area contributed by atoms with Crippen LogP contribution in [0, 0.1) is 5.92 Å². The highest BCUT2D eigenvalue weighted by molar-refractivity contribution is 8.01. The van der Waals surface area contributed by atoms with E-state index in [9.17, 15) is 29.1 Å². The number of halogens is 1. The Labute approximate surface area is 343 Å². The number of fused-ring (bicyclic) bond motifs is 5. The summed E-state index contributed by atoms with van der Waals surface area (Å²) < 4.78 is 28.7. The minimum Gasteiger partial charge on any atom is -0.495 e. The molecule has 3 aliphatic heterocycles. The fraction of sp³-hybridized carbons (Fsp3) is 0.625. The number of allylic oxidation sites excluding steroid dienone is 3. The Morgan fingerprint density at radius 1 is 1.23 bits per heavy atom. The number of rotatable bonds is 11. The zero-order valence-electron chi connectivity index (χ0n) is 34.3. The van der Waals surface area contributed by atoms with E-state index in [4.69, 9.17) is 40.4 Å². The molecule has 4 rings (SSSR count). The number of benzene rings is 1. The molecule has 3 aliphatic rings. The Morgan fingerprint density at radius 2 is 1.91 bits per heavy atom. The Hall–Kier alpha value is -3.83. The van der Waals surface area contributed by atoms with Crippen molar-refractivity contribution in [1.29, 1.82) is 0 Å². The molecule has 316 valence electrons. The molecule has 8 unspecified atom stereocenters. The van der Waals surface area contributed by atoms with Crippen LogP contribution in [0.5, 0.6) is 5.75 Å². The minimum atomic E-state index is -1.85. The lowest BCUT2D eigenvalue weighted by molar-refractivity contribution is -0.162. The van der Waals surface area contributed by atoms with Gasteiger partial charge >= 0.3 is 18.0 Å². The molecule has 2 fully saturated rings. The molecular weight excluding hydrogens is 782 g/mol. The van der Waals surface area contributed by atoms with Crippen molar-refractivity contribution < 1.29 is 57.9 Å². The highest BCUT2D eigenvalue weighted by Gasteiger charge is 2.64. The van der Waals surface area contributed by atoms with Gasteiger partial charge in [0.2, 0.25) is 11.8 Å². The molecule has 0 aromatic heterocycles. The molecule has 3 heterocycles. The first-order chi connectivity index (χ1) is 26.5. The largest absolute Gasteiger partial charge is 0.495 e. The molecule has 3 amide bonds. The van der Waals surface area contributed by atoms with E-state index in [1.165, 1.54) is 49.8 Å². The zero-order chi connectivity index (χ0) is 42.6. The van der Waals surface area contributed by atoms with Crippen LogP contribution >= 0.6 is 23.4 Å². The van der Waals surface area contributed by atoms with E-state index in [0.717, 1.165) is 11.1 Å². The number of likely N-dealkylation sites (N-methyl/N-ethyl adjacent to an activating group) is 1. The normalized spacial score (nSPS) is 28.6. The van der Waals surface area contributed by atoms with E-state index >= 15 is 0 Å². The third kappa shape index (κ3) is 11.0. The molecule has 2 saturated heterocycles. The number of carbonyl (C=O) groups excluding carboxylic acids is 4. The van der Waals surface area contributed by atoms with Crippen LogP contribution in [0.1, 0.15) is 72.8 Å². The smallest absolute Gasteiger partial charge is 0.409 e. The first-order valence-electron chi connectivity index (χ1n) is 18.8. The van der Waals surface area contributed by atoms with Gasteiger partial charge in [0.1, 0.15) is 40.7 Å². The summed E-state index contributed by atoms with van der Waals surface area (Å²) >= 11 is 7.99. The third-order valence-electron chi connectivity index (χ3n) is 11.1. The Morgan fingerprint density at radius 3 is 2.54 bits per heavy atom. The van der Waals surface area contributed by atoms with Crippen molar-refractivity contribution in [2.45, 2.75) is 120 Å². The molecule has 15 nitrogen and oxygen atoms in total. The summed E-state index contributed by atoms with van der Waals surface area (Å²) in [5.41, 5.74) is -1.05. The molecule has 0 saturated carbocycles. The number of amides is 3. The van der Waals surface area contributed by atoms with Crippen LogP contribution in [0.4, 0.5) is 10.5 Å². The molecule has 0 radical (unpaired) electrons. The van der Waals surface area contributed by atoms with E-state index in [0.29, 0.717) is 24.3 Å². The number of carbonyl (C=O) groups is 5. The van der Waals surface area contributed by atoms with Crippen molar-refractivity contribution in [2.75, 3.05) is 39.0 Å². The monoisotopic (exact) mass is 837 g/mol. The van der Waals surface area contributed by atoms with Crippen LogP contribution in [-0.4, -0.2) is 126 Å². The number of epoxide rings is 1. The molecular formula is C40H56ClN3O12S. The number of nitrogens with zero attached hydrogens (tertiary/aromatic N) is 2. The second-order valence-electron chi connectivity index (χ2n) is 15.8. The summed E-state index contributed by atoms with van der Waals surface area (Å²) in [5.74, 6) is -2.87. The lowest BCUT2D eigenvalue weighted by atomic mass is 9.83. The van der Waals surface area contributed by atoms with Crippen molar-refractivity contribution >= 4 is 58.9 Å². The van der Waals surface area contributed by atoms with Gasteiger partial charge in [0, 0.05) is 44.7 Å². The number of nitrogens with one attached hydrogen (secondary N) is 1. The maximum atomic E-state index is 14.2. The number of thioether (sulfide) groups is 1. The number of carboxylic acids is 1. The minimum absolute atomic E-state index is 0.0561. The molecule has 4 bridgehead atoms. The van der Waals surface area contributed by atoms with Gasteiger partial charge in [0.05, 0.1) is 31.1 Å². The molecule has 3 N–H and O–H groups in total. The Kier molecular flexibility index (Phi) is 14.8. The number of methoxy groups -OCH3 is 2. The van der Waals surface area contributed by atoms with Crippen molar-refractivity contribution in [1.82, 2.24) is 10.2 Å². The number of ether oxygens (including phenoxy) is 5. The van der Waals surface area contributed by atoms with Gasteiger partial charge in [-0.15, -0.1) is 11.8 Å². The number of anilines is 1. The van der Waals surface area contributed by atoms with Gasteiger partial charge in [-0.25, -0.2) is 9.59 Å². The lowest BCUT2D eigenvalue weighted by Crippen LogP contribution is -2.63. The first kappa shape index (κ1) is 45.9. The van der Waals surface area contributed by atoms with Gasteiger partial charge < -0.3 is 43.7 Å². The second-order valence-corrected chi connectivity index (χ2v) is 17.9. The van der Waals surface area contributed by atoms with Crippen LogP contribution in [-0.2, 0) is 44.5 Å². The average Bonchev–Trinajstić information content (AvgIpc) is 3.85. The van der Waals surface area contributed by atoms with Crippen LogP contribution in [0.2, 0.25) is 5.02 Å². The van der Waals surface area contributed by atoms with Crippen LogP contribution in [0.15, 0.2) is 35.9 Å². The van der Waals surface area contributed by atoms with Crippen LogP contribution < -0.4 is 15.0 Å². The summed E-state index contributed by atoms with van der Waals surface area (Å²) in [5, 5.41) is 23.5. The summed E-state index contributed by atoms with van der Waals surface area (Å²) in [4.78, 5) is 67.9. The third-order valence-corrected chi connectivity index (χ3v) is 12.8. The van der Waals surface area contributed by atoms with Gasteiger partial charge in [-0.2, -0.15) is 0 Å². The Balaban J connectivity index is 1.69. The van der Waals surface area contributed by atoms with Crippen LogP contribution in [0.25, 0.3) is 0 Å². The number of aliphatic hydroxyl groups is 1. The van der Waals surface area contributed by atoms with Gasteiger partial charge in [-0.05, 0) is 51.3 Å². The lowest BCUT2D eigenvalue weighted by Gasteiger charge is -2.42. The van der Waals surface area contributed by atoms with Gasteiger partial charge in [-0.3, -0.25) is 19.7 Å². The Bertz CT molecular complexity index is 1770. The SMILES string of the molecule is COc1cc2cc(c1Cl)N(C)C(=O)CC(OC(=O)C(C)N(C)C(=O)CCC(C)(C)SCC(=O)O)C1(C)OC1C(C)C1CC(O)(NC(=O)O1)C(OC)C=CC=C(C)C2. The fourth-order valence-corrected chi connectivity index (χ4v) is 8.21.